The van der Waals surface area contributed by atoms with Crippen LogP contribution in [0.2, 0.25) is 0 Å². The summed E-state index contributed by atoms with van der Waals surface area (Å²) < 4.78 is 10.7. The maximum Gasteiger partial charge on any atom is 0.270 e. The Morgan fingerprint density at radius 3 is 2.22 bits per heavy atom. The fourth-order valence-electron chi connectivity index (χ4n) is 3.47. The van der Waals surface area contributed by atoms with Gasteiger partial charge in [0.2, 0.25) is 0 Å². The van der Waals surface area contributed by atoms with Crippen LogP contribution in [-0.2, 0) is 0 Å². The summed E-state index contributed by atoms with van der Waals surface area (Å²) in [5, 5.41) is 11.2. The molecule has 0 radical (unpaired) electrons. The second-order valence-corrected chi connectivity index (χ2v) is 6.21. The largest absolute Gasteiger partial charge is 0.493 e. The Kier molecular flexibility index (Phi) is 4.12. The normalized spacial score (nSPS) is 13.2. The van der Waals surface area contributed by atoms with Crippen molar-refractivity contribution in [1.82, 2.24) is 0 Å². The summed E-state index contributed by atoms with van der Waals surface area (Å²) in [5.41, 5.74) is 5.97. The number of ether oxygens (including phenoxy) is 2. The summed E-state index contributed by atoms with van der Waals surface area (Å²) in [7, 11) is 3.19. The van der Waals surface area contributed by atoms with Crippen molar-refractivity contribution in [2.24, 2.45) is 0 Å². The Hall–Kier alpha value is -3.60. The third-order valence-electron chi connectivity index (χ3n) is 4.73. The zero-order valence-corrected chi connectivity index (χ0v) is 14.9. The summed E-state index contributed by atoms with van der Waals surface area (Å²) >= 11 is 0. The van der Waals surface area contributed by atoms with Crippen molar-refractivity contribution in [3.05, 3.63) is 87.5 Å². The predicted octanol–water partition coefficient (Wildman–Crippen LogP) is 5.18. The summed E-state index contributed by atoms with van der Waals surface area (Å²) in [6, 6.07) is 18.7. The molecule has 4 rings (SSSR count). The molecule has 0 aromatic heterocycles. The number of nitrogens with zero attached hydrogens (tertiary/aromatic N) is 1. The van der Waals surface area contributed by atoms with Gasteiger partial charge in [0.05, 0.1) is 19.1 Å². The maximum absolute atomic E-state index is 11.2. The zero-order valence-electron chi connectivity index (χ0n) is 14.9. The molecule has 0 N–H and O–H groups in total. The molecule has 1 aliphatic carbocycles. The molecule has 27 heavy (non-hydrogen) atoms. The number of hydrogen-bond acceptors (Lipinski definition) is 4. The predicted molar refractivity (Wildman–Crippen MR) is 105 cm³/mol. The number of rotatable bonds is 4. The van der Waals surface area contributed by atoms with Gasteiger partial charge in [-0.15, -0.1) is 0 Å². The van der Waals surface area contributed by atoms with Crippen molar-refractivity contribution >= 4 is 17.3 Å². The quantitative estimate of drug-likeness (QED) is 0.372. The molecular formula is C22H17NO4. The Morgan fingerprint density at radius 1 is 0.815 bits per heavy atom. The second-order valence-electron chi connectivity index (χ2n) is 6.21. The van der Waals surface area contributed by atoms with Crippen molar-refractivity contribution < 1.29 is 14.4 Å². The van der Waals surface area contributed by atoms with Gasteiger partial charge in [-0.3, -0.25) is 10.1 Å². The van der Waals surface area contributed by atoms with Crippen LogP contribution in [0.3, 0.4) is 0 Å². The molecule has 0 fully saturated rings. The SMILES string of the molecule is COc1ccc(/C=C2\c3ccccc3-c3ccc([N+](=O)[O-])cc32)cc1OC. The molecule has 3 aromatic carbocycles. The van der Waals surface area contributed by atoms with Crippen molar-refractivity contribution in [3.63, 3.8) is 0 Å². The second kappa shape index (κ2) is 6.61. The van der Waals surface area contributed by atoms with E-state index >= 15 is 0 Å². The molecule has 1 aliphatic rings. The number of hydrogen-bond donors (Lipinski definition) is 0. The summed E-state index contributed by atoms with van der Waals surface area (Å²) in [6.45, 7) is 0. The van der Waals surface area contributed by atoms with E-state index in [0.717, 1.165) is 33.4 Å². The van der Waals surface area contributed by atoms with Gasteiger partial charge in [0.15, 0.2) is 11.5 Å². The minimum atomic E-state index is -0.364. The number of fused-ring (bicyclic) bond motifs is 3. The highest BCUT2D eigenvalue weighted by Crippen LogP contribution is 2.46. The highest BCUT2D eigenvalue weighted by molar-refractivity contribution is 6.07. The van der Waals surface area contributed by atoms with Crippen molar-refractivity contribution in [1.29, 1.82) is 0 Å². The molecule has 0 bridgehead atoms. The van der Waals surface area contributed by atoms with Crippen LogP contribution in [-0.4, -0.2) is 19.1 Å². The van der Waals surface area contributed by atoms with Gasteiger partial charge >= 0.3 is 0 Å². The van der Waals surface area contributed by atoms with E-state index in [1.165, 1.54) is 0 Å². The van der Waals surface area contributed by atoms with Crippen LogP contribution in [0.5, 0.6) is 11.5 Å². The van der Waals surface area contributed by atoms with Crippen molar-refractivity contribution in [2.45, 2.75) is 0 Å². The molecule has 134 valence electrons. The molecule has 0 unspecified atom stereocenters. The van der Waals surface area contributed by atoms with E-state index in [1.54, 1.807) is 26.4 Å². The van der Waals surface area contributed by atoms with Crippen LogP contribution in [0.4, 0.5) is 5.69 Å². The van der Waals surface area contributed by atoms with Gasteiger partial charge in [-0.05, 0) is 57.7 Å². The molecular weight excluding hydrogens is 342 g/mol. The molecule has 5 heteroatoms. The van der Waals surface area contributed by atoms with E-state index in [1.807, 2.05) is 54.6 Å². The summed E-state index contributed by atoms with van der Waals surface area (Å²) in [4.78, 5) is 10.9. The Balaban J connectivity index is 1.91. The van der Waals surface area contributed by atoms with Crippen LogP contribution >= 0.6 is 0 Å². The van der Waals surface area contributed by atoms with Gasteiger partial charge < -0.3 is 9.47 Å². The van der Waals surface area contributed by atoms with Crippen LogP contribution in [0.25, 0.3) is 22.8 Å². The summed E-state index contributed by atoms with van der Waals surface area (Å²) in [6.07, 6.45) is 2.02. The van der Waals surface area contributed by atoms with Crippen molar-refractivity contribution in [2.75, 3.05) is 14.2 Å². The molecule has 0 spiro atoms. The average molecular weight is 359 g/mol. The lowest BCUT2D eigenvalue weighted by molar-refractivity contribution is -0.384. The van der Waals surface area contributed by atoms with E-state index in [4.69, 9.17) is 9.47 Å². The standard InChI is InChI=1S/C22H17NO4/c1-26-21-10-7-14(12-22(21)27-2)11-19-17-6-4-3-5-16(17)18-9-8-15(23(24)25)13-20(18)19/h3-13H,1-2H3/b19-11+. The lowest BCUT2D eigenvalue weighted by Crippen LogP contribution is -1.91. The molecule has 0 atom stereocenters. The van der Waals surface area contributed by atoms with Crippen LogP contribution < -0.4 is 9.47 Å². The zero-order chi connectivity index (χ0) is 19.0. The minimum absolute atomic E-state index is 0.0831. The Bertz CT molecular complexity index is 1090. The van der Waals surface area contributed by atoms with E-state index in [-0.39, 0.29) is 10.6 Å². The minimum Gasteiger partial charge on any atom is -0.493 e. The lowest BCUT2D eigenvalue weighted by atomic mass is 10.0. The molecule has 3 aromatic rings. The fraction of sp³-hybridized carbons (Fsp3) is 0.0909. The summed E-state index contributed by atoms with van der Waals surface area (Å²) in [5.74, 6) is 1.29. The van der Waals surface area contributed by atoms with Gasteiger partial charge in [0, 0.05) is 12.1 Å². The first-order valence-electron chi connectivity index (χ1n) is 8.44. The van der Waals surface area contributed by atoms with Gasteiger partial charge in [-0.2, -0.15) is 0 Å². The number of nitro groups is 1. The number of nitro benzene ring substituents is 1. The molecule has 0 saturated heterocycles. The molecule has 5 nitrogen and oxygen atoms in total. The smallest absolute Gasteiger partial charge is 0.270 e. The Labute approximate surface area is 156 Å². The van der Waals surface area contributed by atoms with E-state index < -0.39 is 0 Å². The highest BCUT2D eigenvalue weighted by Gasteiger charge is 2.25. The first-order chi connectivity index (χ1) is 13.1. The first kappa shape index (κ1) is 16.8. The monoisotopic (exact) mass is 359 g/mol. The Morgan fingerprint density at radius 2 is 1.52 bits per heavy atom. The topological polar surface area (TPSA) is 61.6 Å². The average Bonchev–Trinajstić information content (AvgIpc) is 3.01. The van der Waals surface area contributed by atoms with Gasteiger partial charge in [-0.1, -0.05) is 30.3 Å². The first-order valence-corrected chi connectivity index (χ1v) is 8.44. The van der Waals surface area contributed by atoms with Crippen LogP contribution in [0.1, 0.15) is 16.7 Å². The van der Waals surface area contributed by atoms with Crippen molar-refractivity contribution in [3.8, 4) is 22.6 Å². The highest BCUT2D eigenvalue weighted by atomic mass is 16.6. The van der Waals surface area contributed by atoms with Gasteiger partial charge in [-0.25, -0.2) is 0 Å². The maximum atomic E-state index is 11.2. The fourth-order valence-corrected chi connectivity index (χ4v) is 3.47. The van der Waals surface area contributed by atoms with E-state index in [0.29, 0.717) is 11.5 Å². The third-order valence-corrected chi connectivity index (χ3v) is 4.73. The van der Waals surface area contributed by atoms with Crippen LogP contribution in [0, 0.1) is 10.1 Å². The number of methoxy groups -OCH3 is 2. The molecule has 0 saturated carbocycles. The molecule has 0 aliphatic heterocycles. The van der Waals surface area contributed by atoms with Crippen LogP contribution in [0.15, 0.2) is 60.7 Å². The van der Waals surface area contributed by atoms with E-state index in [2.05, 4.69) is 0 Å². The number of benzene rings is 3. The van der Waals surface area contributed by atoms with Gasteiger partial charge in [0.1, 0.15) is 0 Å². The third kappa shape index (κ3) is 2.83. The van der Waals surface area contributed by atoms with Gasteiger partial charge in [0.25, 0.3) is 5.69 Å². The van der Waals surface area contributed by atoms with E-state index in [9.17, 15) is 10.1 Å². The lowest BCUT2D eigenvalue weighted by Gasteiger charge is -2.09. The number of non-ortho nitro benzene ring substituents is 1. The molecule has 0 amide bonds. The molecule has 0 heterocycles.